The van der Waals surface area contributed by atoms with Crippen molar-refractivity contribution in [3.05, 3.63) is 44.9 Å². The third-order valence-electron chi connectivity index (χ3n) is 4.24. The highest BCUT2D eigenvalue weighted by Gasteiger charge is 2.44. The van der Waals surface area contributed by atoms with Gasteiger partial charge in [0, 0.05) is 5.41 Å². The summed E-state index contributed by atoms with van der Waals surface area (Å²) in [5.41, 5.74) is -0.570. The highest BCUT2D eigenvalue weighted by Crippen LogP contribution is 2.42. The Morgan fingerprint density at radius 2 is 2.25 bits per heavy atom. The summed E-state index contributed by atoms with van der Waals surface area (Å²) in [6, 6.07) is 2.66. The first kappa shape index (κ1) is 16.6. The van der Waals surface area contributed by atoms with Crippen LogP contribution in [0.3, 0.4) is 0 Å². The van der Waals surface area contributed by atoms with Crippen molar-refractivity contribution in [1.82, 2.24) is 9.55 Å². The first-order valence-corrected chi connectivity index (χ1v) is 7.93. The Labute approximate surface area is 143 Å². The van der Waals surface area contributed by atoms with Crippen molar-refractivity contribution in [2.45, 2.75) is 45.2 Å². The van der Waals surface area contributed by atoms with Gasteiger partial charge in [-0.25, -0.2) is 9.78 Å². The van der Waals surface area contributed by atoms with Gasteiger partial charge in [0.2, 0.25) is 0 Å². The quantitative estimate of drug-likeness (QED) is 0.879. The van der Waals surface area contributed by atoms with Gasteiger partial charge in [-0.15, -0.1) is 0 Å². The molecule has 7 nitrogen and oxygen atoms in total. The first-order valence-electron chi connectivity index (χ1n) is 7.55. The van der Waals surface area contributed by atoms with E-state index in [4.69, 9.17) is 16.0 Å². The molecule has 0 saturated carbocycles. The van der Waals surface area contributed by atoms with Crippen LogP contribution in [-0.2, 0) is 16.8 Å². The van der Waals surface area contributed by atoms with E-state index in [1.54, 1.807) is 6.07 Å². The molecule has 0 aromatic carbocycles. The number of halogens is 1. The Morgan fingerprint density at radius 3 is 2.83 bits per heavy atom. The maximum Gasteiger partial charge on any atom is 0.326 e. The molecule has 0 aliphatic carbocycles. The molecule has 24 heavy (non-hydrogen) atoms. The lowest BCUT2D eigenvalue weighted by Gasteiger charge is -2.18. The maximum absolute atomic E-state index is 12.7. The summed E-state index contributed by atoms with van der Waals surface area (Å²) < 4.78 is 6.68. The van der Waals surface area contributed by atoms with Crippen LogP contribution in [0.4, 0.5) is 5.82 Å². The highest BCUT2D eigenvalue weighted by atomic mass is 35.5. The van der Waals surface area contributed by atoms with Gasteiger partial charge in [0.1, 0.15) is 17.6 Å². The zero-order valence-electron chi connectivity index (χ0n) is 13.6. The highest BCUT2D eigenvalue weighted by molar-refractivity contribution is 6.30. The van der Waals surface area contributed by atoms with Crippen molar-refractivity contribution < 1.29 is 14.3 Å². The number of aromatic nitrogens is 2. The van der Waals surface area contributed by atoms with Crippen molar-refractivity contribution >= 4 is 23.4 Å². The molecule has 0 amide bonds. The number of carboxylic acids is 1. The van der Waals surface area contributed by atoms with Crippen molar-refractivity contribution in [3.63, 3.8) is 0 Å². The fraction of sp³-hybridized carbons (Fsp3) is 0.438. The summed E-state index contributed by atoms with van der Waals surface area (Å²) in [5, 5.41) is 12.5. The van der Waals surface area contributed by atoms with Crippen molar-refractivity contribution in [2.24, 2.45) is 0 Å². The van der Waals surface area contributed by atoms with Gasteiger partial charge in [-0.05, 0) is 25.5 Å². The monoisotopic (exact) mass is 351 g/mol. The molecule has 2 N–H and O–H groups in total. The molecule has 0 unspecified atom stereocenters. The number of aliphatic carboxylic acids is 1. The van der Waals surface area contributed by atoms with Crippen LogP contribution in [0.15, 0.2) is 21.3 Å². The van der Waals surface area contributed by atoms with Gasteiger partial charge in [0.25, 0.3) is 5.56 Å². The number of nitrogens with zero attached hydrogens (tertiary/aromatic N) is 2. The number of hydrogen-bond donors (Lipinski definition) is 2. The van der Waals surface area contributed by atoms with Crippen molar-refractivity contribution in [3.8, 4) is 0 Å². The average molecular weight is 352 g/mol. The maximum atomic E-state index is 12.7. The van der Waals surface area contributed by atoms with Crippen LogP contribution in [0.2, 0.25) is 5.15 Å². The molecule has 0 saturated heterocycles. The number of carbonyl (C=O) groups is 1. The number of hydrogen-bond acceptors (Lipinski definition) is 5. The minimum atomic E-state index is -1.06. The average Bonchev–Trinajstić information content (AvgIpc) is 3.02. The fourth-order valence-corrected chi connectivity index (χ4v) is 3.58. The van der Waals surface area contributed by atoms with Gasteiger partial charge in [-0.3, -0.25) is 9.36 Å². The molecule has 0 bridgehead atoms. The van der Waals surface area contributed by atoms with E-state index in [1.165, 1.54) is 4.57 Å². The summed E-state index contributed by atoms with van der Waals surface area (Å²) >= 11 is 6.26. The lowest BCUT2D eigenvalue weighted by Crippen LogP contribution is -2.31. The summed E-state index contributed by atoms with van der Waals surface area (Å²) in [4.78, 5) is 28.4. The van der Waals surface area contributed by atoms with Crippen LogP contribution in [-0.4, -0.2) is 20.6 Å². The molecule has 2 aromatic rings. The minimum absolute atomic E-state index is 0.0155. The van der Waals surface area contributed by atoms with E-state index in [1.807, 2.05) is 26.8 Å². The number of rotatable bonds is 4. The second-order valence-corrected chi connectivity index (χ2v) is 6.94. The number of anilines is 1. The topological polar surface area (TPSA) is 97.4 Å². The first-order chi connectivity index (χ1) is 11.2. The summed E-state index contributed by atoms with van der Waals surface area (Å²) in [5.74, 6) is 0.363. The van der Waals surface area contributed by atoms with Crippen LogP contribution in [0, 0.1) is 6.92 Å². The molecular weight excluding hydrogens is 334 g/mol. The number of aryl methyl sites for hydroxylation is 1. The normalized spacial score (nSPS) is 18.4. The second-order valence-electron chi connectivity index (χ2n) is 6.58. The lowest BCUT2D eigenvalue weighted by atomic mass is 9.87. The molecule has 2 aromatic heterocycles. The molecule has 3 heterocycles. The molecule has 0 fully saturated rings. The van der Waals surface area contributed by atoms with E-state index in [2.05, 4.69) is 10.3 Å². The smallest absolute Gasteiger partial charge is 0.326 e. The molecule has 1 aliphatic rings. The Balaban J connectivity index is 2.02. The second kappa shape index (κ2) is 5.66. The van der Waals surface area contributed by atoms with E-state index in [0.29, 0.717) is 17.9 Å². The van der Waals surface area contributed by atoms with Crippen LogP contribution >= 0.6 is 11.6 Å². The molecule has 1 aliphatic heterocycles. The Morgan fingerprint density at radius 1 is 1.54 bits per heavy atom. The van der Waals surface area contributed by atoms with Crippen molar-refractivity contribution in [1.29, 1.82) is 0 Å². The van der Waals surface area contributed by atoms with Gasteiger partial charge in [0.05, 0.1) is 12.2 Å². The standard InChI is InChI=1S/C16H18ClN3O4/c1-8-4-5-9(24-8)7-18-13-14(21)20-10(15(22)23)6-16(2,3)11(20)12(17)19-13/h4-5,10H,6-7H2,1-3H3,(H,18,19)(H,22,23)/t10-/m0/s1. The Kier molecular flexibility index (Phi) is 3.91. The fourth-order valence-electron chi connectivity index (χ4n) is 3.15. The lowest BCUT2D eigenvalue weighted by molar-refractivity contribution is -0.140. The number of nitrogens with one attached hydrogen (secondary N) is 1. The summed E-state index contributed by atoms with van der Waals surface area (Å²) in [7, 11) is 0. The summed E-state index contributed by atoms with van der Waals surface area (Å²) in [6.07, 6.45) is 0.291. The number of fused-ring (bicyclic) bond motifs is 1. The van der Waals surface area contributed by atoms with Gasteiger partial charge in [0.15, 0.2) is 11.0 Å². The van der Waals surface area contributed by atoms with Crippen LogP contribution < -0.4 is 10.9 Å². The summed E-state index contributed by atoms with van der Waals surface area (Å²) in [6.45, 7) is 5.79. The molecule has 128 valence electrons. The molecular formula is C16H18ClN3O4. The van der Waals surface area contributed by atoms with Gasteiger partial charge in [-0.2, -0.15) is 0 Å². The van der Waals surface area contributed by atoms with E-state index in [-0.39, 0.29) is 17.5 Å². The number of furan rings is 1. The molecule has 0 spiro atoms. The third kappa shape index (κ3) is 2.69. The van der Waals surface area contributed by atoms with Gasteiger partial charge >= 0.3 is 5.97 Å². The molecule has 0 radical (unpaired) electrons. The van der Waals surface area contributed by atoms with Gasteiger partial charge < -0.3 is 14.8 Å². The van der Waals surface area contributed by atoms with E-state index >= 15 is 0 Å². The molecule has 1 atom stereocenters. The van der Waals surface area contributed by atoms with Crippen LogP contribution in [0.25, 0.3) is 0 Å². The third-order valence-corrected chi connectivity index (χ3v) is 4.50. The van der Waals surface area contributed by atoms with Crippen LogP contribution in [0.5, 0.6) is 0 Å². The predicted octanol–water partition coefficient (Wildman–Crippen LogP) is 2.72. The Hall–Kier alpha value is -2.28. The van der Waals surface area contributed by atoms with E-state index < -0.39 is 23.0 Å². The Bertz CT molecular complexity index is 869. The zero-order valence-corrected chi connectivity index (χ0v) is 14.3. The van der Waals surface area contributed by atoms with E-state index in [0.717, 1.165) is 5.76 Å². The largest absolute Gasteiger partial charge is 0.480 e. The van der Waals surface area contributed by atoms with Crippen LogP contribution in [0.1, 0.15) is 43.5 Å². The van der Waals surface area contributed by atoms with E-state index in [9.17, 15) is 14.7 Å². The SMILES string of the molecule is Cc1ccc(CNc2nc(Cl)c3n(c2=O)[C@H](C(=O)O)CC3(C)C)o1. The molecule has 3 rings (SSSR count). The number of carboxylic acid groups (broad SMARTS) is 1. The predicted molar refractivity (Wildman–Crippen MR) is 88.6 cm³/mol. The zero-order chi connectivity index (χ0) is 17.6. The minimum Gasteiger partial charge on any atom is -0.480 e. The van der Waals surface area contributed by atoms with Crippen molar-refractivity contribution in [2.75, 3.05) is 5.32 Å². The molecule has 8 heteroatoms. The van der Waals surface area contributed by atoms with Gasteiger partial charge in [-0.1, -0.05) is 25.4 Å².